The van der Waals surface area contributed by atoms with Gasteiger partial charge in [-0.15, -0.1) is 0 Å². The van der Waals surface area contributed by atoms with E-state index in [2.05, 4.69) is 20.3 Å². The maximum absolute atomic E-state index is 12.7. The molecule has 2 aromatic heterocycles. The minimum Gasteiger partial charge on any atom is -0.497 e. The number of hydrogen-bond donors (Lipinski definition) is 5. The van der Waals surface area contributed by atoms with Gasteiger partial charge in [-0.05, 0) is 41.0 Å². The maximum Gasteiger partial charge on any atom is 0.280 e. The van der Waals surface area contributed by atoms with Crippen LogP contribution >= 0.6 is 0 Å². The fraction of sp³-hybridized carbons (Fsp3) is 0.303. The topological polar surface area (TPSA) is 185 Å². The molecular weight excluding hydrogens is 590 g/mol. The molecule has 1 aliphatic heterocycles. The van der Waals surface area contributed by atoms with Crippen molar-refractivity contribution in [1.29, 1.82) is 0 Å². The normalized spacial score (nSPS) is 18.1. The Bertz CT molecular complexity index is 1780. The Kier molecular flexibility index (Phi) is 8.90. The third-order valence-electron chi connectivity index (χ3n) is 8.13. The Morgan fingerprint density at radius 1 is 0.978 bits per heavy atom. The molecule has 0 bridgehead atoms. The van der Waals surface area contributed by atoms with Gasteiger partial charge in [-0.3, -0.25) is 14.3 Å². The summed E-state index contributed by atoms with van der Waals surface area (Å²) in [5, 5.41) is 14.5. The number of benzene rings is 3. The van der Waals surface area contributed by atoms with E-state index in [0.717, 1.165) is 16.7 Å². The Morgan fingerprint density at radius 3 is 2.17 bits per heavy atom. The number of aliphatic hydroxyl groups is 1. The molecule has 7 N–H and O–H groups in total. The quantitative estimate of drug-likeness (QED) is 0.128. The average molecular weight is 628 g/mol. The Morgan fingerprint density at radius 2 is 1.59 bits per heavy atom. The molecule has 1 saturated heterocycles. The summed E-state index contributed by atoms with van der Waals surface area (Å²) in [6.07, 6.45) is -2.20. The summed E-state index contributed by atoms with van der Waals surface area (Å²) in [5.74, 6) is 1.68. The van der Waals surface area contributed by atoms with E-state index in [9.17, 15) is 9.90 Å². The van der Waals surface area contributed by atoms with Crippen LogP contribution in [0.4, 0.5) is 11.9 Å². The number of methoxy groups -OCH3 is 2. The van der Waals surface area contributed by atoms with Crippen LogP contribution in [-0.4, -0.2) is 70.7 Å². The first-order valence-electron chi connectivity index (χ1n) is 14.9. The van der Waals surface area contributed by atoms with Crippen molar-refractivity contribution in [3.05, 3.63) is 106 Å². The summed E-state index contributed by atoms with van der Waals surface area (Å²) < 4.78 is 25.9. The van der Waals surface area contributed by atoms with Crippen LogP contribution in [0.25, 0.3) is 11.2 Å². The number of H-pyrrole nitrogens is 1. The second-order valence-corrected chi connectivity index (χ2v) is 10.9. The summed E-state index contributed by atoms with van der Waals surface area (Å²) in [5.41, 5.74) is 12.9. The van der Waals surface area contributed by atoms with Gasteiger partial charge in [-0.1, -0.05) is 54.6 Å². The zero-order valence-corrected chi connectivity index (χ0v) is 25.6. The lowest BCUT2D eigenvalue weighted by atomic mass is 9.80. The molecule has 5 aromatic rings. The van der Waals surface area contributed by atoms with E-state index in [0.29, 0.717) is 30.5 Å². The highest BCUT2D eigenvalue weighted by molar-refractivity contribution is 5.74. The number of nitrogens with one attached hydrogen (secondary N) is 2. The van der Waals surface area contributed by atoms with Gasteiger partial charge in [0.15, 0.2) is 11.2 Å². The smallest absolute Gasteiger partial charge is 0.280 e. The second-order valence-electron chi connectivity index (χ2n) is 10.9. The first-order valence-corrected chi connectivity index (χ1v) is 14.9. The Hall–Kier alpha value is -4.95. The molecule has 0 aliphatic carbocycles. The van der Waals surface area contributed by atoms with Gasteiger partial charge in [0, 0.05) is 19.5 Å². The predicted molar refractivity (Wildman–Crippen MR) is 173 cm³/mol. The zero-order chi connectivity index (χ0) is 32.3. The van der Waals surface area contributed by atoms with Crippen molar-refractivity contribution in [2.24, 2.45) is 5.73 Å². The molecule has 13 nitrogen and oxygen atoms in total. The average Bonchev–Trinajstić information content (AvgIpc) is 3.64. The van der Waals surface area contributed by atoms with Gasteiger partial charge in [0.2, 0.25) is 11.9 Å². The second kappa shape index (κ2) is 13.2. The highest BCUT2D eigenvalue weighted by Crippen LogP contribution is 2.43. The molecule has 0 amide bonds. The third-order valence-corrected chi connectivity index (χ3v) is 8.13. The third kappa shape index (κ3) is 5.76. The predicted octanol–water partition coefficient (Wildman–Crippen LogP) is 2.75. The van der Waals surface area contributed by atoms with Gasteiger partial charge in [0.1, 0.15) is 29.4 Å². The lowest BCUT2D eigenvalue weighted by Crippen LogP contribution is -2.38. The lowest BCUT2D eigenvalue weighted by molar-refractivity contribution is -0.0927. The maximum atomic E-state index is 12.7. The molecule has 0 spiro atoms. The molecule has 3 aromatic carbocycles. The van der Waals surface area contributed by atoms with Gasteiger partial charge in [-0.25, -0.2) is 4.98 Å². The number of nitrogens with two attached hydrogens (primary N) is 2. The van der Waals surface area contributed by atoms with Gasteiger partial charge in [0.25, 0.3) is 5.56 Å². The molecule has 3 heterocycles. The van der Waals surface area contributed by atoms with Crippen LogP contribution in [0.3, 0.4) is 0 Å². The number of rotatable bonds is 12. The standard InChI is InChI=1S/C33H37N7O6/c1-43-23-12-8-21(9-13-23)33(20-6-4-3-5-7-20,22-10-14-24(44-2)15-11-22)45-19-26-25(41)18-27(46-26)40-29-28(30(42)39-31(35)38-29)37-32(40)36-17-16-34/h3-15,25-27,41H,16-19,34H2,1-2H3,(H,36,37)(H3,35,38,39,42)/t25?,26-,27-/m1/s1. The van der Waals surface area contributed by atoms with Crippen LogP contribution in [0, 0.1) is 0 Å². The molecule has 46 heavy (non-hydrogen) atoms. The first-order chi connectivity index (χ1) is 22.4. The molecule has 0 radical (unpaired) electrons. The highest BCUT2D eigenvalue weighted by Gasteiger charge is 2.42. The SMILES string of the molecule is COc1ccc(C(OC[C@H]2O[C@@H](n3c(NCCN)nc4c(=O)[nH]c(N)nc43)CC2O)(c2ccccc2)c2ccc(OC)cc2)cc1. The van der Waals surface area contributed by atoms with Crippen molar-refractivity contribution in [1.82, 2.24) is 19.5 Å². The number of nitrogen functional groups attached to an aromatic ring is 1. The number of ether oxygens (including phenoxy) is 4. The van der Waals surface area contributed by atoms with Crippen LogP contribution in [0.15, 0.2) is 83.7 Å². The molecule has 0 saturated carbocycles. The van der Waals surface area contributed by atoms with Gasteiger partial charge < -0.3 is 40.8 Å². The van der Waals surface area contributed by atoms with Crippen LogP contribution in [0.5, 0.6) is 11.5 Å². The van der Waals surface area contributed by atoms with E-state index < -0.39 is 29.6 Å². The van der Waals surface area contributed by atoms with Crippen LogP contribution in [0.1, 0.15) is 29.3 Å². The number of aromatic nitrogens is 4. The summed E-state index contributed by atoms with van der Waals surface area (Å²) in [6, 6.07) is 25.3. The number of aromatic amines is 1. The van der Waals surface area contributed by atoms with Crippen LogP contribution in [0.2, 0.25) is 0 Å². The number of anilines is 2. The number of hydrogen-bond acceptors (Lipinski definition) is 11. The summed E-state index contributed by atoms with van der Waals surface area (Å²) in [6.45, 7) is 0.735. The van der Waals surface area contributed by atoms with Gasteiger partial charge in [0.05, 0.1) is 26.9 Å². The lowest BCUT2D eigenvalue weighted by Gasteiger charge is -2.37. The van der Waals surface area contributed by atoms with E-state index in [-0.39, 0.29) is 30.1 Å². The monoisotopic (exact) mass is 627 g/mol. The fourth-order valence-corrected chi connectivity index (χ4v) is 5.89. The number of fused-ring (bicyclic) bond motifs is 1. The van der Waals surface area contributed by atoms with E-state index in [1.807, 2.05) is 78.9 Å². The van der Waals surface area contributed by atoms with Crippen molar-refractivity contribution in [3.8, 4) is 11.5 Å². The Balaban J connectivity index is 1.38. The van der Waals surface area contributed by atoms with E-state index in [4.69, 9.17) is 30.4 Å². The molecular formula is C33H37N7O6. The minimum absolute atomic E-state index is 0.0129. The van der Waals surface area contributed by atoms with Crippen molar-refractivity contribution in [3.63, 3.8) is 0 Å². The molecule has 3 atom stereocenters. The Labute approximate surface area is 265 Å². The van der Waals surface area contributed by atoms with Crippen molar-refractivity contribution < 1.29 is 24.1 Å². The number of aliphatic hydroxyl groups excluding tert-OH is 1. The minimum atomic E-state index is -1.10. The van der Waals surface area contributed by atoms with E-state index in [1.165, 1.54) is 0 Å². The van der Waals surface area contributed by atoms with Crippen molar-refractivity contribution in [2.75, 3.05) is 45.0 Å². The summed E-state index contributed by atoms with van der Waals surface area (Å²) in [7, 11) is 3.24. The molecule has 1 aliphatic rings. The van der Waals surface area contributed by atoms with E-state index in [1.54, 1.807) is 18.8 Å². The van der Waals surface area contributed by atoms with Crippen molar-refractivity contribution >= 4 is 23.1 Å². The zero-order valence-electron chi connectivity index (χ0n) is 25.6. The molecule has 6 rings (SSSR count). The van der Waals surface area contributed by atoms with Crippen LogP contribution in [-0.2, 0) is 15.1 Å². The van der Waals surface area contributed by atoms with Crippen LogP contribution < -0.4 is 31.8 Å². The summed E-state index contributed by atoms with van der Waals surface area (Å²) >= 11 is 0. The van der Waals surface area contributed by atoms with E-state index >= 15 is 0 Å². The number of nitrogens with zero attached hydrogens (tertiary/aromatic N) is 3. The highest BCUT2D eigenvalue weighted by atomic mass is 16.6. The molecule has 240 valence electrons. The number of imidazole rings is 1. The molecule has 1 fully saturated rings. The fourth-order valence-electron chi connectivity index (χ4n) is 5.89. The summed E-state index contributed by atoms with van der Waals surface area (Å²) in [4.78, 5) is 23.9. The first kappa shape index (κ1) is 31.0. The van der Waals surface area contributed by atoms with Gasteiger partial charge >= 0.3 is 0 Å². The molecule has 1 unspecified atom stereocenters. The van der Waals surface area contributed by atoms with Crippen molar-refractivity contribution in [2.45, 2.75) is 30.5 Å². The largest absolute Gasteiger partial charge is 0.497 e. The van der Waals surface area contributed by atoms with Gasteiger partial charge in [-0.2, -0.15) is 4.98 Å². The molecule has 13 heteroatoms.